The molecular formula is C31H30ClFN6O3S. The molecule has 9 nitrogen and oxygen atoms in total. The third kappa shape index (κ3) is 5.38. The molecular weight excluding hydrogens is 591 g/mol. The molecule has 0 amide bonds. The van der Waals surface area contributed by atoms with E-state index in [0.717, 1.165) is 74.0 Å². The van der Waals surface area contributed by atoms with Crippen LogP contribution in [-0.2, 0) is 13.2 Å². The molecule has 43 heavy (non-hydrogen) atoms. The van der Waals surface area contributed by atoms with E-state index in [-0.39, 0.29) is 22.3 Å². The first-order valence-corrected chi connectivity index (χ1v) is 15.6. The summed E-state index contributed by atoms with van der Waals surface area (Å²) in [6.45, 7) is 4.28. The van der Waals surface area contributed by atoms with Crippen molar-refractivity contribution >= 4 is 51.0 Å². The average molecular weight is 621 g/mol. The molecule has 0 atom stereocenters. The zero-order valence-corrected chi connectivity index (χ0v) is 25.0. The largest absolute Gasteiger partial charge is 0.477 e. The molecule has 1 N–H and O–H groups in total. The second-order valence-corrected chi connectivity index (χ2v) is 13.6. The van der Waals surface area contributed by atoms with E-state index in [1.165, 1.54) is 17.4 Å². The zero-order chi connectivity index (χ0) is 29.8. The molecule has 3 aliphatic rings. The number of hydrogen-bond acceptors (Lipinski definition) is 8. The van der Waals surface area contributed by atoms with Crippen molar-refractivity contribution in [2.24, 2.45) is 10.8 Å². The number of aromatic carboxylic acids is 1. The van der Waals surface area contributed by atoms with Gasteiger partial charge in [-0.2, -0.15) is 10.2 Å². The van der Waals surface area contributed by atoms with Crippen LogP contribution in [0.1, 0.15) is 47.3 Å². The summed E-state index contributed by atoms with van der Waals surface area (Å²) in [5, 5.41) is 19.3. The Hall–Kier alpha value is -3.88. The van der Waals surface area contributed by atoms with Crippen molar-refractivity contribution in [3.63, 3.8) is 0 Å². The van der Waals surface area contributed by atoms with Gasteiger partial charge in [0.05, 0.1) is 11.6 Å². The fourth-order valence-corrected chi connectivity index (χ4v) is 7.39. The lowest BCUT2D eigenvalue weighted by Gasteiger charge is -2.54. The number of piperidine rings is 1. The predicted molar refractivity (Wildman–Crippen MR) is 163 cm³/mol. The fourth-order valence-electron chi connectivity index (χ4n) is 6.36. The number of imidazole rings is 1. The molecule has 5 heterocycles. The van der Waals surface area contributed by atoms with Gasteiger partial charge in [0.15, 0.2) is 0 Å². The van der Waals surface area contributed by atoms with Crippen molar-refractivity contribution < 1.29 is 19.0 Å². The van der Waals surface area contributed by atoms with E-state index in [1.54, 1.807) is 24.3 Å². The van der Waals surface area contributed by atoms with Gasteiger partial charge in [-0.1, -0.05) is 23.7 Å². The molecule has 1 aliphatic carbocycles. The number of carboxylic acid groups (broad SMARTS) is 1. The van der Waals surface area contributed by atoms with E-state index < -0.39 is 11.8 Å². The van der Waals surface area contributed by atoms with Crippen molar-refractivity contribution in [3.8, 4) is 11.9 Å². The molecule has 4 aromatic rings. The topological polar surface area (TPSA) is 108 Å². The lowest BCUT2D eigenvalue weighted by Crippen LogP contribution is -2.61. The predicted octanol–water partition coefficient (Wildman–Crippen LogP) is 6.36. The summed E-state index contributed by atoms with van der Waals surface area (Å²) in [7, 11) is 0. The standard InChI is InChI=1S/C31H30ClFN6O3S/c32-21-5-4-20(22(33)14-21)16-42-26-3-1-2-25(35-26)37-12-9-31(10-13-37)17-38(18-31)29-36-27-23(15-24(43-27)28(40)41)39(29)19-30(6-7-30)8-11-34/h1-5,14-15H,6-10,12-13,16-19H2,(H,40,41). The summed E-state index contributed by atoms with van der Waals surface area (Å²) in [6.07, 6.45) is 4.55. The number of benzene rings is 1. The number of fused-ring (bicyclic) bond motifs is 1. The Morgan fingerprint density at radius 3 is 2.60 bits per heavy atom. The van der Waals surface area contributed by atoms with Crippen molar-refractivity contribution in [2.75, 3.05) is 36.0 Å². The molecule has 0 unspecified atom stereocenters. The van der Waals surface area contributed by atoms with Crippen LogP contribution >= 0.6 is 22.9 Å². The van der Waals surface area contributed by atoms with Gasteiger partial charge in [0.2, 0.25) is 11.8 Å². The SMILES string of the molecule is N#CCC1(Cn2c(N3CC4(CCN(c5cccc(OCc6ccc(Cl)cc6F)n5)CC4)C3)nc3sc(C(=O)O)cc32)CC1. The summed E-state index contributed by atoms with van der Waals surface area (Å²) < 4.78 is 22.1. The first-order valence-electron chi connectivity index (χ1n) is 14.4. The van der Waals surface area contributed by atoms with Crippen LogP contribution in [0.15, 0.2) is 42.5 Å². The van der Waals surface area contributed by atoms with E-state index >= 15 is 0 Å². The minimum absolute atomic E-state index is 0.0371. The van der Waals surface area contributed by atoms with Crippen LogP contribution in [0.2, 0.25) is 5.02 Å². The van der Waals surface area contributed by atoms with Gasteiger partial charge in [0, 0.05) is 66.6 Å². The van der Waals surface area contributed by atoms with Crippen LogP contribution in [-0.4, -0.2) is 51.8 Å². The summed E-state index contributed by atoms with van der Waals surface area (Å²) >= 11 is 7.06. The van der Waals surface area contributed by atoms with Crippen LogP contribution in [0.25, 0.3) is 10.3 Å². The number of anilines is 2. The monoisotopic (exact) mass is 620 g/mol. The van der Waals surface area contributed by atoms with E-state index in [0.29, 0.717) is 29.4 Å². The van der Waals surface area contributed by atoms with Crippen molar-refractivity contribution in [1.82, 2.24) is 14.5 Å². The van der Waals surface area contributed by atoms with Crippen LogP contribution in [0.4, 0.5) is 16.2 Å². The van der Waals surface area contributed by atoms with Crippen molar-refractivity contribution in [2.45, 2.75) is 45.3 Å². The molecule has 3 fully saturated rings. The Labute approximate surface area is 257 Å². The number of aromatic nitrogens is 3. The Morgan fingerprint density at radius 2 is 1.91 bits per heavy atom. The molecule has 0 radical (unpaired) electrons. The molecule has 2 saturated heterocycles. The molecule has 2 aliphatic heterocycles. The molecule has 222 valence electrons. The first-order chi connectivity index (χ1) is 20.8. The Kier molecular flexibility index (Phi) is 6.94. The summed E-state index contributed by atoms with van der Waals surface area (Å²) in [5.74, 6) is 0.841. The van der Waals surface area contributed by atoms with Gasteiger partial charge in [0.25, 0.3) is 0 Å². The molecule has 7 rings (SSSR count). The highest BCUT2D eigenvalue weighted by Crippen LogP contribution is 2.52. The summed E-state index contributed by atoms with van der Waals surface area (Å²) in [4.78, 5) is 26.8. The van der Waals surface area contributed by atoms with Gasteiger partial charge >= 0.3 is 5.97 Å². The first kappa shape index (κ1) is 27.9. The number of carboxylic acids is 1. The van der Waals surface area contributed by atoms with E-state index in [1.807, 2.05) is 12.1 Å². The van der Waals surface area contributed by atoms with Crippen LogP contribution in [0.5, 0.6) is 5.88 Å². The maximum absolute atomic E-state index is 14.1. The van der Waals surface area contributed by atoms with E-state index in [4.69, 9.17) is 21.3 Å². The van der Waals surface area contributed by atoms with Crippen LogP contribution < -0.4 is 14.5 Å². The number of pyridine rings is 1. The lowest BCUT2D eigenvalue weighted by molar-refractivity contribution is 0.0702. The smallest absolute Gasteiger partial charge is 0.346 e. The van der Waals surface area contributed by atoms with Gasteiger partial charge in [-0.25, -0.2) is 14.2 Å². The Balaban J connectivity index is 1.01. The number of carbonyl (C=O) groups is 1. The van der Waals surface area contributed by atoms with Gasteiger partial charge in [-0.05, 0) is 49.9 Å². The van der Waals surface area contributed by atoms with Gasteiger partial charge < -0.3 is 24.2 Å². The third-order valence-corrected chi connectivity index (χ3v) is 10.4. The van der Waals surface area contributed by atoms with Gasteiger partial charge in [0.1, 0.15) is 27.9 Å². The number of halogens is 2. The normalized spacial score (nSPS) is 18.4. The summed E-state index contributed by atoms with van der Waals surface area (Å²) in [6, 6.07) is 14.3. The number of thiophene rings is 1. The molecule has 1 aromatic carbocycles. The Bertz CT molecular complexity index is 1750. The minimum atomic E-state index is -0.939. The maximum atomic E-state index is 14.1. The average Bonchev–Trinajstić information content (AvgIpc) is 3.47. The lowest BCUT2D eigenvalue weighted by atomic mass is 9.72. The highest BCUT2D eigenvalue weighted by molar-refractivity contribution is 7.20. The quantitative estimate of drug-likeness (QED) is 0.230. The zero-order valence-electron chi connectivity index (χ0n) is 23.4. The number of hydrogen-bond donors (Lipinski definition) is 1. The number of ether oxygens (including phenoxy) is 1. The van der Waals surface area contributed by atoms with Crippen LogP contribution in [0.3, 0.4) is 0 Å². The molecule has 3 aromatic heterocycles. The number of nitrogens with zero attached hydrogens (tertiary/aromatic N) is 6. The second-order valence-electron chi connectivity index (χ2n) is 12.1. The highest BCUT2D eigenvalue weighted by atomic mass is 35.5. The van der Waals surface area contributed by atoms with Crippen LogP contribution in [0, 0.1) is 28.0 Å². The molecule has 12 heteroatoms. The van der Waals surface area contributed by atoms with Crippen molar-refractivity contribution in [3.05, 3.63) is 63.7 Å². The molecule has 1 saturated carbocycles. The van der Waals surface area contributed by atoms with E-state index in [2.05, 4.69) is 25.4 Å². The third-order valence-electron chi connectivity index (χ3n) is 9.13. The van der Waals surface area contributed by atoms with Gasteiger partial charge in [-0.15, -0.1) is 11.3 Å². The van der Waals surface area contributed by atoms with E-state index in [9.17, 15) is 19.6 Å². The van der Waals surface area contributed by atoms with Crippen molar-refractivity contribution in [1.29, 1.82) is 5.26 Å². The molecule has 1 spiro atoms. The second kappa shape index (κ2) is 10.7. The summed E-state index contributed by atoms with van der Waals surface area (Å²) in [5.41, 5.74) is 1.43. The minimum Gasteiger partial charge on any atom is -0.477 e. The Morgan fingerprint density at radius 1 is 1.12 bits per heavy atom. The maximum Gasteiger partial charge on any atom is 0.346 e. The fraction of sp³-hybridized carbons (Fsp3) is 0.419. The highest BCUT2D eigenvalue weighted by Gasteiger charge is 2.48. The number of nitriles is 1. The molecule has 0 bridgehead atoms. The van der Waals surface area contributed by atoms with Gasteiger partial charge in [-0.3, -0.25) is 0 Å². The number of rotatable bonds is 9.